The molecule has 0 bridgehead atoms. The van der Waals surface area contributed by atoms with E-state index in [4.69, 9.17) is 11.6 Å². The van der Waals surface area contributed by atoms with E-state index in [1.54, 1.807) is 0 Å². The van der Waals surface area contributed by atoms with E-state index in [0.717, 1.165) is 12.4 Å². The topological polar surface area (TPSA) is 36.4 Å². The monoisotopic (exact) mass is 254 g/mol. The lowest BCUT2D eigenvalue weighted by atomic mass is 9.95. The van der Waals surface area contributed by atoms with Crippen LogP contribution in [-0.4, -0.2) is 22.7 Å². The normalized spacial score (nSPS) is 25.1. The molecule has 2 rings (SSSR count). The molecule has 0 spiro atoms. The SMILES string of the molecule is CC1CCC(C)N(c2ccc(Cl)c(CO)n2)C1. The van der Waals surface area contributed by atoms with Crippen LogP contribution in [0.4, 0.5) is 5.82 Å². The van der Waals surface area contributed by atoms with E-state index in [1.807, 2.05) is 12.1 Å². The quantitative estimate of drug-likeness (QED) is 0.882. The highest BCUT2D eigenvalue weighted by atomic mass is 35.5. The number of hydrogen-bond donors (Lipinski definition) is 1. The van der Waals surface area contributed by atoms with Crippen LogP contribution in [0.1, 0.15) is 32.4 Å². The van der Waals surface area contributed by atoms with E-state index < -0.39 is 0 Å². The van der Waals surface area contributed by atoms with Crippen LogP contribution < -0.4 is 4.90 Å². The van der Waals surface area contributed by atoms with Gasteiger partial charge in [0.15, 0.2) is 0 Å². The van der Waals surface area contributed by atoms with E-state index in [-0.39, 0.29) is 6.61 Å². The number of anilines is 1. The fraction of sp³-hybridized carbons (Fsp3) is 0.615. The van der Waals surface area contributed by atoms with E-state index in [2.05, 4.69) is 23.7 Å². The van der Waals surface area contributed by atoms with Gasteiger partial charge in [0.25, 0.3) is 0 Å². The first-order valence-electron chi connectivity index (χ1n) is 6.14. The molecule has 1 aliphatic rings. The third-order valence-electron chi connectivity index (χ3n) is 3.47. The van der Waals surface area contributed by atoms with Crippen molar-refractivity contribution in [2.24, 2.45) is 5.92 Å². The molecule has 0 aromatic carbocycles. The van der Waals surface area contributed by atoms with Crippen LogP contribution in [0.25, 0.3) is 0 Å². The number of aliphatic hydroxyl groups is 1. The molecule has 2 heterocycles. The van der Waals surface area contributed by atoms with Crippen LogP contribution in [-0.2, 0) is 6.61 Å². The average Bonchev–Trinajstić information content (AvgIpc) is 2.33. The molecule has 1 N–H and O–H groups in total. The van der Waals surface area contributed by atoms with Gasteiger partial charge in [-0.15, -0.1) is 0 Å². The molecule has 1 fully saturated rings. The summed E-state index contributed by atoms with van der Waals surface area (Å²) in [5, 5.41) is 9.73. The van der Waals surface area contributed by atoms with Crippen LogP contribution in [0, 0.1) is 5.92 Å². The van der Waals surface area contributed by atoms with Crippen LogP contribution in [0.5, 0.6) is 0 Å². The Bertz CT molecular complexity index is 397. The van der Waals surface area contributed by atoms with Gasteiger partial charge in [-0.3, -0.25) is 0 Å². The minimum atomic E-state index is -0.107. The molecule has 2 unspecified atom stereocenters. The molecule has 0 amide bonds. The van der Waals surface area contributed by atoms with E-state index >= 15 is 0 Å². The van der Waals surface area contributed by atoms with Crippen LogP contribution in [0.3, 0.4) is 0 Å². The summed E-state index contributed by atoms with van der Waals surface area (Å²) in [5.74, 6) is 1.62. The van der Waals surface area contributed by atoms with Gasteiger partial charge in [-0.05, 0) is 37.8 Å². The Morgan fingerprint density at radius 1 is 1.41 bits per heavy atom. The minimum Gasteiger partial charge on any atom is -0.390 e. The molecule has 0 radical (unpaired) electrons. The Hall–Kier alpha value is -0.800. The molecule has 1 aromatic rings. The van der Waals surface area contributed by atoms with Crippen LogP contribution in [0.15, 0.2) is 12.1 Å². The number of aromatic nitrogens is 1. The first kappa shape index (κ1) is 12.7. The van der Waals surface area contributed by atoms with Crippen LogP contribution in [0.2, 0.25) is 5.02 Å². The van der Waals surface area contributed by atoms with E-state index in [0.29, 0.717) is 22.7 Å². The van der Waals surface area contributed by atoms with Gasteiger partial charge in [-0.1, -0.05) is 18.5 Å². The summed E-state index contributed by atoms with van der Waals surface area (Å²) in [6.45, 7) is 5.41. The lowest BCUT2D eigenvalue weighted by molar-refractivity contribution is 0.276. The standard InChI is InChI=1S/C13H19ClN2O/c1-9-3-4-10(2)16(7-9)13-6-5-11(14)12(8-17)15-13/h5-6,9-10,17H,3-4,7-8H2,1-2H3. The maximum Gasteiger partial charge on any atom is 0.129 e. The highest BCUT2D eigenvalue weighted by molar-refractivity contribution is 6.31. The third kappa shape index (κ3) is 2.72. The molecule has 94 valence electrons. The molecule has 1 aliphatic heterocycles. The molecule has 4 heteroatoms. The summed E-state index contributed by atoms with van der Waals surface area (Å²) >= 11 is 5.96. The molecule has 17 heavy (non-hydrogen) atoms. The van der Waals surface area contributed by atoms with Gasteiger partial charge in [-0.2, -0.15) is 0 Å². The number of aliphatic hydroxyl groups excluding tert-OH is 1. The maximum atomic E-state index is 9.19. The Labute approximate surface area is 107 Å². The molecule has 0 aliphatic carbocycles. The molecule has 1 saturated heterocycles. The van der Waals surface area contributed by atoms with Gasteiger partial charge in [0.1, 0.15) is 5.82 Å². The molecule has 0 saturated carbocycles. The van der Waals surface area contributed by atoms with Crippen molar-refractivity contribution in [1.82, 2.24) is 4.98 Å². The van der Waals surface area contributed by atoms with Gasteiger partial charge < -0.3 is 10.0 Å². The van der Waals surface area contributed by atoms with Crippen molar-refractivity contribution in [3.63, 3.8) is 0 Å². The first-order chi connectivity index (χ1) is 8.11. The van der Waals surface area contributed by atoms with Crippen molar-refractivity contribution >= 4 is 17.4 Å². The fourth-order valence-electron chi connectivity index (χ4n) is 2.35. The highest BCUT2D eigenvalue weighted by Gasteiger charge is 2.24. The molecular formula is C13H19ClN2O. The largest absolute Gasteiger partial charge is 0.390 e. The number of rotatable bonds is 2. The summed E-state index contributed by atoms with van der Waals surface area (Å²) < 4.78 is 0. The minimum absolute atomic E-state index is 0.107. The lowest BCUT2D eigenvalue weighted by Gasteiger charge is -2.37. The van der Waals surface area contributed by atoms with Gasteiger partial charge in [0.05, 0.1) is 17.3 Å². The van der Waals surface area contributed by atoms with Crippen molar-refractivity contribution in [3.05, 3.63) is 22.8 Å². The summed E-state index contributed by atoms with van der Waals surface area (Å²) in [4.78, 5) is 6.75. The van der Waals surface area contributed by atoms with E-state index in [1.165, 1.54) is 12.8 Å². The summed E-state index contributed by atoms with van der Waals surface area (Å²) in [6, 6.07) is 4.27. The Morgan fingerprint density at radius 2 is 2.18 bits per heavy atom. The van der Waals surface area contributed by atoms with Gasteiger partial charge in [0.2, 0.25) is 0 Å². The number of halogens is 1. The van der Waals surface area contributed by atoms with Crippen molar-refractivity contribution < 1.29 is 5.11 Å². The Kier molecular flexibility index (Phi) is 3.89. The predicted molar refractivity (Wildman–Crippen MR) is 70.4 cm³/mol. The molecule has 3 nitrogen and oxygen atoms in total. The zero-order valence-corrected chi connectivity index (χ0v) is 11.1. The van der Waals surface area contributed by atoms with Crippen LogP contribution >= 0.6 is 11.6 Å². The second-order valence-electron chi connectivity index (χ2n) is 4.94. The molecule has 2 atom stereocenters. The number of hydrogen-bond acceptors (Lipinski definition) is 3. The van der Waals surface area contributed by atoms with Crippen molar-refractivity contribution in [3.8, 4) is 0 Å². The number of pyridine rings is 1. The zero-order chi connectivity index (χ0) is 12.4. The van der Waals surface area contributed by atoms with E-state index in [9.17, 15) is 5.11 Å². The van der Waals surface area contributed by atoms with Crippen molar-refractivity contribution in [1.29, 1.82) is 0 Å². The van der Waals surface area contributed by atoms with Crippen molar-refractivity contribution in [2.75, 3.05) is 11.4 Å². The average molecular weight is 255 g/mol. The zero-order valence-electron chi connectivity index (χ0n) is 10.4. The Morgan fingerprint density at radius 3 is 2.88 bits per heavy atom. The highest BCUT2D eigenvalue weighted by Crippen LogP contribution is 2.27. The van der Waals surface area contributed by atoms with Crippen molar-refractivity contribution in [2.45, 2.75) is 39.3 Å². The van der Waals surface area contributed by atoms with Gasteiger partial charge >= 0.3 is 0 Å². The fourth-order valence-corrected chi connectivity index (χ4v) is 2.52. The number of nitrogens with zero attached hydrogens (tertiary/aromatic N) is 2. The second-order valence-corrected chi connectivity index (χ2v) is 5.35. The first-order valence-corrected chi connectivity index (χ1v) is 6.52. The second kappa shape index (κ2) is 5.23. The summed E-state index contributed by atoms with van der Waals surface area (Å²) in [5.41, 5.74) is 0.564. The smallest absolute Gasteiger partial charge is 0.129 e. The number of piperidine rings is 1. The Balaban J connectivity index is 2.26. The molecular weight excluding hydrogens is 236 g/mol. The van der Waals surface area contributed by atoms with Gasteiger partial charge in [-0.25, -0.2) is 4.98 Å². The van der Waals surface area contributed by atoms with Gasteiger partial charge in [0, 0.05) is 12.6 Å². The molecule has 1 aromatic heterocycles. The predicted octanol–water partition coefficient (Wildman–Crippen LogP) is 2.85. The summed E-state index contributed by atoms with van der Waals surface area (Å²) in [6.07, 6.45) is 2.47. The maximum absolute atomic E-state index is 9.19. The third-order valence-corrected chi connectivity index (χ3v) is 3.81. The lowest BCUT2D eigenvalue weighted by Crippen LogP contribution is -2.41. The summed E-state index contributed by atoms with van der Waals surface area (Å²) in [7, 11) is 0.